The molecular formula is C23H19N3O. The van der Waals surface area contributed by atoms with Gasteiger partial charge in [0.2, 0.25) is 0 Å². The summed E-state index contributed by atoms with van der Waals surface area (Å²) in [5.41, 5.74) is 6.54. The van der Waals surface area contributed by atoms with E-state index < -0.39 is 5.92 Å². The lowest BCUT2D eigenvalue weighted by molar-refractivity contribution is -0.121. The monoisotopic (exact) mass is 353 g/mol. The van der Waals surface area contributed by atoms with E-state index in [0.717, 1.165) is 27.6 Å². The number of hydrazone groups is 1. The maximum Gasteiger partial charge on any atom is 0.252 e. The van der Waals surface area contributed by atoms with Gasteiger partial charge in [-0.1, -0.05) is 78.9 Å². The minimum Gasteiger partial charge on any atom is -0.361 e. The summed E-state index contributed by atoms with van der Waals surface area (Å²) in [7, 11) is 0. The molecule has 0 aliphatic heterocycles. The van der Waals surface area contributed by atoms with E-state index in [1.165, 1.54) is 0 Å². The molecular weight excluding hydrogens is 334 g/mol. The highest BCUT2D eigenvalue weighted by molar-refractivity contribution is 5.99. The molecule has 132 valence electrons. The van der Waals surface area contributed by atoms with Crippen LogP contribution in [0.3, 0.4) is 0 Å². The van der Waals surface area contributed by atoms with Gasteiger partial charge in [0, 0.05) is 22.7 Å². The standard InChI is InChI=1S/C23H19N3O/c27-23(26-25-16-19-15-24-21-14-8-7-13-20(19)21)22(17-9-3-1-4-10-17)18-11-5-2-6-12-18/h1-16,22,24H,(H,26,27). The Morgan fingerprint density at radius 3 is 2.11 bits per heavy atom. The van der Waals surface area contributed by atoms with Crippen LogP contribution in [0.25, 0.3) is 10.9 Å². The third-order valence-electron chi connectivity index (χ3n) is 4.53. The van der Waals surface area contributed by atoms with Crippen molar-refractivity contribution in [1.29, 1.82) is 0 Å². The molecule has 4 nitrogen and oxygen atoms in total. The maximum atomic E-state index is 12.9. The minimum atomic E-state index is -0.410. The number of para-hydroxylation sites is 1. The van der Waals surface area contributed by atoms with Crippen LogP contribution in [-0.2, 0) is 4.79 Å². The quantitative estimate of drug-likeness (QED) is 0.404. The molecule has 0 spiro atoms. The van der Waals surface area contributed by atoms with Crippen molar-refractivity contribution in [2.75, 3.05) is 0 Å². The summed E-state index contributed by atoms with van der Waals surface area (Å²) < 4.78 is 0. The van der Waals surface area contributed by atoms with Gasteiger partial charge in [0.05, 0.1) is 12.1 Å². The van der Waals surface area contributed by atoms with Crippen molar-refractivity contribution in [3.05, 3.63) is 108 Å². The van der Waals surface area contributed by atoms with E-state index in [1.54, 1.807) is 6.21 Å². The van der Waals surface area contributed by atoms with Gasteiger partial charge in [-0.25, -0.2) is 5.43 Å². The fourth-order valence-electron chi connectivity index (χ4n) is 3.22. The number of aromatic nitrogens is 1. The van der Waals surface area contributed by atoms with E-state index in [9.17, 15) is 4.79 Å². The Hall–Kier alpha value is -3.66. The number of nitrogens with one attached hydrogen (secondary N) is 2. The predicted octanol–water partition coefficient (Wildman–Crippen LogP) is 4.45. The van der Waals surface area contributed by atoms with Gasteiger partial charge in [-0.2, -0.15) is 5.10 Å². The van der Waals surface area contributed by atoms with Gasteiger partial charge in [-0.3, -0.25) is 4.79 Å². The number of H-pyrrole nitrogens is 1. The normalized spacial score (nSPS) is 11.3. The number of amides is 1. The molecule has 0 aliphatic carbocycles. The highest BCUT2D eigenvalue weighted by Gasteiger charge is 2.22. The van der Waals surface area contributed by atoms with Crippen molar-refractivity contribution >= 4 is 23.0 Å². The zero-order valence-electron chi connectivity index (χ0n) is 14.7. The molecule has 4 rings (SSSR count). The van der Waals surface area contributed by atoms with Crippen LogP contribution in [-0.4, -0.2) is 17.1 Å². The number of benzene rings is 3. The van der Waals surface area contributed by atoms with Gasteiger partial charge in [-0.15, -0.1) is 0 Å². The van der Waals surface area contributed by atoms with Crippen LogP contribution >= 0.6 is 0 Å². The number of hydrogen-bond acceptors (Lipinski definition) is 2. The first-order valence-corrected chi connectivity index (χ1v) is 8.82. The molecule has 2 N–H and O–H groups in total. The van der Waals surface area contributed by atoms with Gasteiger partial charge in [0.25, 0.3) is 5.91 Å². The van der Waals surface area contributed by atoms with E-state index in [4.69, 9.17) is 0 Å². The molecule has 0 saturated heterocycles. The van der Waals surface area contributed by atoms with Crippen molar-refractivity contribution in [3.8, 4) is 0 Å². The van der Waals surface area contributed by atoms with Crippen LogP contribution in [0.4, 0.5) is 0 Å². The van der Waals surface area contributed by atoms with Crippen molar-refractivity contribution in [2.45, 2.75) is 5.92 Å². The molecule has 0 saturated carbocycles. The molecule has 1 aromatic heterocycles. The minimum absolute atomic E-state index is 0.163. The summed E-state index contributed by atoms with van der Waals surface area (Å²) in [5.74, 6) is -0.573. The second-order valence-electron chi connectivity index (χ2n) is 6.28. The average molecular weight is 353 g/mol. The number of rotatable bonds is 5. The highest BCUT2D eigenvalue weighted by atomic mass is 16.2. The van der Waals surface area contributed by atoms with Crippen LogP contribution < -0.4 is 5.43 Å². The first-order valence-electron chi connectivity index (χ1n) is 8.82. The molecule has 1 amide bonds. The molecule has 0 bridgehead atoms. The summed E-state index contributed by atoms with van der Waals surface area (Å²) in [6.07, 6.45) is 3.55. The van der Waals surface area contributed by atoms with Crippen LogP contribution in [0.5, 0.6) is 0 Å². The predicted molar refractivity (Wildman–Crippen MR) is 109 cm³/mol. The lowest BCUT2D eigenvalue weighted by atomic mass is 9.91. The Morgan fingerprint density at radius 2 is 1.44 bits per heavy atom. The summed E-state index contributed by atoms with van der Waals surface area (Å²) in [6, 6.07) is 27.5. The fraction of sp³-hybridized carbons (Fsp3) is 0.0435. The molecule has 0 fully saturated rings. The molecule has 0 unspecified atom stereocenters. The zero-order valence-corrected chi connectivity index (χ0v) is 14.7. The highest BCUT2D eigenvalue weighted by Crippen LogP contribution is 2.24. The number of carbonyl (C=O) groups is 1. The molecule has 4 aromatic rings. The van der Waals surface area contributed by atoms with Gasteiger partial charge >= 0.3 is 0 Å². The molecule has 1 heterocycles. The van der Waals surface area contributed by atoms with Gasteiger partial charge in [-0.05, 0) is 17.2 Å². The number of carbonyl (C=O) groups excluding carboxylic acids is 1. The summed E-state index contributed by atoms with van der Waals surface area (Å²) in [4.78, 5) is 16.1. The smallest absolute Gasteiger partial charge is 0.252 e. The second kappa shape index (κ2) is 7.70. The van der Waals surface area contributed by atoms with E-state index in [1.807, 2.05) is 91.1 Å². The number of aromatic amines is 1. The fourth-order valence-corrected chi connectivity index (χ4v) is 3.22. The largest absolute Gasteiger partial charge is 0.361 e. The molecule has 27 heavy (non-hydrogen) atoms. The van der Waals surface area contributed by atoms with E-state index in [2.05, 4.69) is 15.5 Å². The SMILES string of the molecule is O=C(NN=Cc1c[nH]c2ccccc12)C(c1ccccc1)c1ccccc1. The maximum absolute atomic E-state index is 12.9. The number of fused-ring (bicyclic) bond motifs is 1. The lowest BCUT2D eigenvalue weighted by Gasteiger charge is -2.16. The number of hydrogen-bond donors (Lipinski definition) is 2. The van der Waals surface area contributed by atoms with E-state index in [0.29, 0.717) is 0 Å². The van der Waals surface area contributed by atoms with Crippen LogP contribution in [0, 0.1) is 0 Å². The number of nitrogens with zero attached hydrogens (tertiary/aromatic N) is 1. The van der Waals surface area contributed by atoms with Gasteiger partial charge in [0.1, 0.15) is 0 Å². The lowest BCUT2D eigenvalue weighted by Crippen LogP contribution is -2.26. The van der Waals surface area contributed by atoms with Crippen molar-refractivity contribution in [2.24, 2.45) is 5.10 Å². The van der Waals surface area contributed by atoms with Crippen molar-refractivity contribution in [1.82, 2.24) is 10.4 Å². The molecule has 0 atom stereocenters. The Labute approximate surface area is 157 Å². The third-order valence-corrected chi connectivity index (χ3v) is 4.53. The molecule has 3 aromatic carbocycles. The first-order chi connectivity index (χ1) is 13.3. The van der Waals surface area contributed by atoms with Crippen molar-refractivity contribution < 1.29 is 4.79 Å². The summed E-state index contributed by atoms with van der Waals surface area (Å²) >= 11 is 0. The molecule has 4 heteroatoms. The third kappa shape index (κ3) is 3.65. The molecule has 0 radical (unpaired) electrons. The summed E-state index contributed by atoms with van der Waals surface area (Å²) in [6.45, 7) is 0. The van der Waals surface area contributed by atoms with Crippen LogP contribution in [0.2, 0.25) is 0 Å². The Balaban J connectivity index is 1.57. The zero-order chi connectivity index (χ0) is 18.5. The second-order valence-corrected chi connectivity index (χ2v) is 6.28. The van der Waals surface area contributed by atoms with Crippen LogP contribution in [0.15, 0.2) is 96.2 Å². The average Bonchev–Trinajstić information content (AvgIpc) is 3.13. The van der Waals surface area contributed by atoms with Gasteiger partial charge in [0.15, 0.2) is 0 Å². The van der Waals surface area contributed by atoms with Crippen molar-refractivity contribution in [3.63, 3.8) is 0 Å². The Bertz CT molecular complexity index is 1030. The Morgan fingerprint density at radius 1 is 0.852 bits per heavy atom. The first kappa shape index (κ1) is 16.8. The summed E-state index contributed by atoms with van der Waals surface area (Å²) in [5, 5.41) is 5.26. The van der Waals surface area contributed by atoms with Crippen LogP contribution in [0.1, 0.15) is 22.6 Å². The Kier molecular flexibility index (Phi) is 4.79. The van der Waals surface area contributed by atoms with E-state index >= 15 is 0 Å². The van der Waals surface area contributed by atoms with E-state index in [-0.39, 0.29) is 5.91 Å². The topological polar surface area (TPSA) is 57.2 Å². The molecule has 0 aliphatic rings. The van der Waals surface area contributed by atoms with Gasteiger partial charge < -0.3 is 4.98 Å².